The van der Waals surface area contributed by atoms with Gasteiger partial charge in [-0.2, -0.15) is 0 Å². The monoisotopic (exact) mass is 271 g/mol. The molecule has 0 amide bonds. The zero-order valence-corrected chi connectivity index (χ0v) is 10.4. The van der Waals surface area contributed by atoms with E-state index in [1.807, 2.05) is 13.0 Å². The Hall–Kier alpha value is -0.410. The highest BCUT2D eigenvalue weighted by atomic mass is 79.9. The fourth-order valence-electron chi connectivity index (χ4n) is 2.10. The van der Waals surface area contributed by atoms with Gasteiger partial charge in [0.15, 0.2) is 0 Å². The first-order chi connectivity index (χ1) is 7.16. The Labute approximate surface area is 98.2 Å². The molecule has 15 heavy (non-hydrogen) atoms. The molecule has 3 heteroatoms. The number of hydrogen-bond acceptors (Lipinski definition) is 1. The molecule has 1 saturated heterocycles. The summed E-state index contributed by atoms with van der Waals surface area (Å²) in [6.07, 6.45) is 3.49. The van der Waals surface area contributed by atoms with Crippen LogP contribution in [0.15, 0.2) is 16.6 Å². The Bertz CT molecular complexity index is 359. The van der Waals surface area contributed by atoms with Crippen molar-refractivity contribution in [1.29, 1.82) is 0 Å². The second-order valence-corrected chi connectivity index (χ2v) is 5.04. The van der Waals surface area contributed by atoms with Crippen molar-refractivity contribution in [3.8, 4) is 0 Å². The lowest BCUT2D eigenvalue weighted by atomic mass is 10.0. The van der Waals surface area contributed by atoms with Crippen LogP contribution in [0, 0.1) is 12.7 Å². The molecule has 1 fully saturated rings. The molecule has 1 aliphatic rings. The zero-order chi connectivity index (χ0) is 10.8. The molecular formula is C12H15BrFN. The Kier molecular flexibility index (Phi) is 3.42. The molecule has 1 unspecified atom stereocenters. The van der Waals surface area contributed by atoms with E-state index >= 15 is 0 Å². The van der Waals surface area contributed by atoms with Gasteiger partial charge >= 0.3 is 0 Å². The standard InChI is InChI=1S/C12H15BrFN/c1-8-5-12(14)11(13)7-9(8)6-10-3-2-4-15-10/h5,7,10,15H,2-4,6H2,1H3. The average molecular weight is 272 g/mol. The van der Waals surface area contributed by atoms with E-state index in [1.165, 1.54) is 18.4 Å². The first-order valence-corrected chi connectivity index (χ1v) is 6.14. The quantitative estimate of drug-likeness (QED) is 0.871. The second kappa shape index (κ2) is 4.62. The summed E-state index contributed by atoms with van der Waals surface area (Å²) in [5, 5.41) is 3.46. The van der Waals surface area contributed by atoms with Gasteiger partial charge in [-0.05, 0) is 71.9 Å². The Morgan fingerprint density at radius 2 is 2.33 bits per heavy atom. The Morgan fingerprint density at radius 3 is 3.00 bits per heavy atom. The molecule has 0 bridgehead atoms. The Balaban J connectivity index is 2.16. The average Bonchev–Trinajstić information content (AvgIpc) is 2.67. The summed E-state index contributed by atoms with van der Waals surface area (Å²) in [7, 11) is 0. The van der Waals surface area contributed by atoms with Crippen LogP contribution in [0.1, 0.15) is 24.0 Å². The van der Waals surface area contributed by atoms with Gasteiger partial charge in [-0.1, -0.05) is 0 Å². The largest absolute Gasteiger partial charge is 0.314 e. The van der Waals surface area contributed by atoms with Crippen molar-refractivity contribution < 1.29 is 4.39 Å². The number of benzene rings is 1. The topological polar surface area (TPSA) is 12.0 Å². The number of aryl methyl sites for hydroxylation is 1. The fraction of sp³-hybridized carbons (Fsp3) is 0.500. The third-order valence-corrected chi connectivity index (χ3v) is 3.62. The van der Waals surface area contributed by atoms with Gasteiger partial charge in [-0.3, -0.25) is 0 Å². The molecule has 82 valence electrons. The van der Waals surface area contributed by atoms with Crippen molar-refractivity contribution in [2.45, 2.75) is 32.2 Å². The summed E-state index contributed by atoms with van der Waals surface area (Å²) < 4.78 is 13.8. The van der Waals surface area contributed by atoms with E-state index in [-0.39, 0.29) is 5.82 Å². The lowest BCUT2D eigenvalue weighted by Crippen LogP contribution is -2.24. The third kappa shape index (κ3) is 2.58. The molecular weight excluding hydrogens is 257 g/mol. The summed E-state index contributed by atoms with van der Waals surface area (Å²) in [6, 6.07) is 4.08. The number of nitrogens with one attached hydrogen (secondary N) is 1. The van der Waals surface area contributed by atoms with E-state index in [1.54, 1.807) is 6.07 Å². The van der Waals surface area contributed by atoms with Crippen molar-refractivity contribution in [3.05, 3.63) is 33.5 Å². The Morgan fingerprint density at radius 1 is 1.53 bits per heavy atom. The van der Waals surface area contributed by atoms with Crippen molar-refractivity contribution in [3.63, 3.8) is 0 Å². The zero-order valence-electron chi connectivity index (χ0n) is 8.82. The summed E-state index contributed by atoms with van der Waals surface area (Å²) in [4.78, 5) is 0. The van der Waals surface area contributed by atoms with Crippen LogP contribution in [0.2, 0.25) is 0 Å². The molecule has 1 nitrogen and oxygen atoms in total. The first kappa shape index (κ1) is 11.1. The predicted octanol–water partition coefficient (Wildman–Crippen LogP) is 3.19. The minimum Gasteiger partial charge on any atom is -0.314 e. The normalized spacial score (nSPS) is 20.9. The van der Waals surface area contributed by atoms with Crippen LogP contribution < -0.4 is 5.32 Å². The van der Waals surface area contributed by atoms with Crippen LogP contribution in [-0.4, -0.2) is 12.6 Å². The van der Waals surface area contributed by atoms with Crippen LogP contribution in [-0.2, 0) is 6.42 Å². The van der Waals surface area contributed by atoms with Crippen LogP contribution in [0.4, 0.5) is 4.39 Å². The van der Waals surface area contributed by atoms with E-state index in [0.717, 1.165) is 18.5 Å². The van der Waals surface area contributed by atoms with Gasteiger partial charge in [-0.15, -0.1) is 0 Å². The first-order valence-electron chi connectivity index (χ1n) is 5.34. The maximum Gasteiger partial charge on any atom is 0.137 e. The van der Waals surface area contributed by atoms with Gasteiger partial charge < -0.3 is 5.32 Å². The highest BCUT2D eigenvalue weighted by Crippen LogP contribution is 2.22. The van der Waals surface area contributed by atoms with Crippen molar-refractivity contribution in [2.75, 3.05) is 6.54 Å². The van der Waals surface area contributed by atoms with Crippen LogP contribution >= 0.6 is 15.9 Å². The van der Waals surface area contributed by atoms with Gasteiger partial charge in [0.2, 0.25) is 0 Å². The maximum atomic E-state index is 13.2. The third-order valence-electron chi connectivity index (χ3n) is 3.01. The van der Waals surface area contributed by atoms with E-state index in [4.69, 9.17) is 0 Å². The summed E-state index contributed by atoms with van der Waals surface area (Å²) in [5.74, 6) is -0.171. The van der Waals surface area contributed by atoms with Gasteiger partial charge in [0.05, 0.1) is 4.47 Å². The predicted molar refractivity (Wildman–Crippen MR) is 63.6 cm³/mol. The molecule has 1 heterocycles. The van der Waals surface area contributed by atoms with E-state index in [0.29, 0.717) is 10.5 Å². The van der Waals surface area contributed by atoms with Crippen LogP contribution in [0.25, 0.3) is 0 Å². The smallest absolute Gasteiger partial charge is 0.137 e. The van der Waals surface area contributed by atoms with E-state index in [2.05, 4.69) is 21.2 Å². The molecule has 0 aromatic heterocycles. The van der Waals surface area contributed by atoms with Gasteiger partial charge in [-0.25, -0.2) is 4.39 Å². The molecule has 1 atom stereocenters. The van der Waals surface area contributed by atoms with Gasteiger partial charge in [0.25, 0.3) is 0 Å². The molecule has 1 N–H and O–H groups in total. The number of rotatable bonds is 2. The summed E-state index contributed by atoms with van der Waals surface area (Å²) >= 11 is 3.23. The SMILES string of the molecule is Cc1cc(F)c(Br)cc1CC1CCCN1. The molecule has 0 radical (unpaired) electrons. The summed E-state index contributed by atoms with van der Waals surface area (Å²) in [6.45, 7) is 3.09. The van der Waals surface area contributed by atoms with Crippen LogP contribution in [0.5, 0.6) is 0 Å². The molecule has 1 aromatic rings. The lowest BCUT2D eigenvalue weighted by Gasteiger charge is -2.13. The molecule has 1 aromatic carbocycles. The van der Waals surface area contributed by atoms with E-state index < -0.39 is 0 Å². The second-order valence-electron chi connectivity index (χ2n) is 4.19. The van der Waals surface area contributed by atoms with Gasteiger partial charge in [0, 0.05) is 6.04 Å². The number of halogens is 2. The highest BCUT2D eigenvalue weighted by Gasteiger charge is 2.16. The highest BCUT2D eigenvalue weighted by molar-refractivity contribution is 9.10. The molecule has 0 saturated carbocycles. The lowest BCUT2D eigenvalue weighted by molar-refractivity contribution is 0.594. The molecule has 2 rings (SSSR count). The number of hydrogen-bond donors (Lipinski definition) is 1. The fourth-order valence-corrected chi connectivity index (χ4v) is 2.49. The minimum absolute atomic E-state index is 0.171. The van der Waals surface area contributed by atoms with Crippen molar-refractivity contribution in [1.82, 2.24) is 5.32 Å². The minimum atomic E-state index is -0.171. The van der Waals surface area contributed by atoms with Crippen LogP contribution in [0.3, 0.4) is 0 Å². The molecule has 0 spiro atoms. The molecule has 0 aliphatic carbocycles. The molecule has 1 aliphatic heterocycles. The van der Waals surface area contributed by atoms with E-state index in [9.17, 15) is 4.39 Å². The summed E-state index contributed by atoms with van der Waals surface area (Å²) in [5.41, 5.74) is 2.28. The van der Waals surface area contributed by atoms with Gasteiger partial charge in [0.1, 0.15) is 5.82 Å². The van der Waals surface area contributed by atoms with Crippen molar-refractivity contribution in [2.24, 2.45) is 0 Å². The maximum absolute atomic E-state index is 13.2. The van der Waals surface area contributed by atoms with Crippen molar-refractivity contribution >= 4 is 15.9 Å².